The molecule has 0 aliphatic heterocycles. The molecule has 5 nitrogen and oxygen atoms in total. The van der Waals surface area contributed by atoms with Gasteiger partial charge in [0.05, 0.1) is 11.8 Å². The number of rotatable bonds is 5. The lowest BCUT2D eigenvalue weighted by Crippen LogP contribution is -2.02. The van der Waals surface area contributed by atoms with E-state index in [-0.39, 0.29) is 0 Å². The third kappa shape index (κ3) is 2.85. The molecule has 0 saturated carbocycles. The highest BCUT2D eigenvalue weighted by Crippen LogP contribution is 2.17. The number of anilines is 1. The van der Waals surface area contributed by atoms with Crippen LogP contribution in [0, 0.1) is 6.92 Å². The van der Waals surface area contributed by atoms with Gasteiger partial charge in [0.15, 0.2) is 5.82 Å². The molecule has 0 bridgehead atoms. The Kier molecular flexibility index (Phi) is 3.92. The number of nitrogens with one attached hydrogen (secondary N) is 1. The number of aromatic nitrogens is 4. The van der Waals surface area contributed by atoms with E-state index in [1.165, 1.54) is 0 Å². The Labute approximate surface area is 107 Å². The molecule has 0 fully saturated rings. The van der Waals surface area contributed by atoms with Crippen LogP contribution in [0.5, 0.6) is 0 Å². The average Bonchev–Trinajstić information content (AvgIpc) is 2.78. The maximum Gasteiger partial charge on any atom is 0.164 e. The lowest BCUT2D eigenvalue weighted by Gasteiger charge is -2.05. The maximum absolute atomic E-state index is 4.49. The summed E-state index contributed by atoms with van der Waals surface area (Å²) in [6.45, 7) is 7.93. The van der Waals surface area contributed by atoms with E-state index in [4.69, 9.17) is 0 Å². The molecule has 5 heteroatoms. The first-order valence-corrected chi connectivity index (χ1v) is 6.35. The standard InChI is InChI=1S/C13H19N5/c1-4-6-18-9-11(8-15-18)13-16-10(3)7-12(17-13)14-5-2/h7-9H,4-6H2,1-3H3,(H,14,16,17). The average molecular weight is 245 g/mol. The summed E-state index contributed by atoms with van der Waals surface area (Å²) in [7, 11) is 0. The Morgan fingerprint density at radius 1 is 1.28 bits per heavy atom. The van der Waals surface area contributed by atoms with Crippen molar-refractivity contribution in [3.63, 3.8) is 0 Å². The first-order valence-electron chi connectivity index (χ1n) is 6.35. The van der Waals surface area contributed by atoms with Gasteiger partial charge in [-0.1, -0.05) is 6.92 Å². The fourth-order valence-corrected chi connectivity index (χ4v) is 1.80. The molecule has 0 aliphatic carbocycles. The van der Waals surface area contributed by atoms with Crippen molar-refractivity contribution in [3.8, 4) is 11.4 Å². The summed E-state index contributed by atoms with van der Waals surface area (Å²) in [5.41, 5.74) is 1.92. The highest BCUT2D eigenvalue weighted by atomic mass is 15.3. The molecule has 0 spiro atoms. The minimum Gasteiger partial charge on any atom is -0.370 e. The van der Waals surface area contributed by atoms with E-state index < -0.39 is 0 Å². The molecular formula is C13H19N5. The zero-order chi connectivity index (χ0) is 13.0. The number of aryl methyl sites for hydroxylation is 2. The number of nitrogens with zero attached hydrogens (tertiary/aromatic N) is 4. The first-order chi connectivity index (χ1) is 8.72. The van der Waals surface area contributed by atoms with Crippen LogP contribution in [0.2, 0.25) is 0 Å². The third-order valence-corrected chi connectivity index (χ3v) is 2.56. The first kappa shape index (κ1) is 12.5. The van der Waals surface area contributed by atoms with Gasteiger partial charge in [0.1, 0.15) is 5.82 Å². The second-order valence-corrected chi connectivity index (χ2v) is 4.24. The fourth-order valence-electron chi connectivity index (χ4n) is 1.80. The molecule has 0 radical (unpaired) electrons. The van der Waals surface area contributed by atoms with Crippen LogP contribution in [0.15, 0.2) is 18.5 Å². The minimum atomic E-state index is 0.730. The Balaban J connectivity index is 2.30. The van der Waals surface area contributed by atoms with E-state index in [9.17, 15) is 0 Å². The van der Waals surface area contributed by atoms with E-state index in [2.05, 4.69) is 34.2 Å². The van der Waals surface area contributed by atoms with Crippen LogP contribution >= 0.6 is 0 Å². The highest BCUT2D eigenvalue weighted by Gasteiger charge is 2.07. The summed E-state index contributed by atoms with van der Waals surface area (Å²) in [6, 6.07) is 1.95. The van der Waals surface area contributed by atoms with Crippen LogP contribution in [-0.2, 0) is 6.54 Å². The third-order valence-electron chi connectivity index (χ3n) is 2.56. The van der Waals surface area contributed by atoms with E-state index >= 15 is 0 Å². The van der Waals surface area contributed by atoms with Gasteiger partial charge < -0.3 is 5.32 Å². The molecule has 2 heterocycles. The lowest BCUT2D eigenvalue weighted by molar-refractivity contribution is 0.603. The van der Waals surface area contributed by atoms with Gasteiger partial charge in [-0.05, 0) is 20.3 Å². The second-order valence-electron chi connectivity index (χ2n) is 4.24. The fraction of sp³-hybridized carbons (Fsp3) is 0.462. The quantitative estimate of drug-likeness (QED) is 0.879. The Hall–Kier alpha value is -1.91. The molecule has 0 aromatic carbocycles. The van der Waals surface area contributed by atoms with Crippen molar-refractivity contribution in [1.29, 1.82) is 0 Å². The molecule has 2 rings (SSSR count). The minimum absolute atomic E-state index is 0.730. The largest absolute Gasteiger partial charge is 0.370 e. The SMILES string of the molecule is CCCn1cc(-c2nc(C)cc(NCC)n2)cn1. The van der Waals surface area contributed by atoms with Crippen molar-refractivity contribution in [2.75, 3.05) is 11.9 Å². The molecule has 1 N–H and O–H groups in total. The van der Waals surface area contributed by atoms with Gasteiger partial charge in [-0.2, -0.15) is 5.10 Å². The van der Waals surface area contributed by atoms with Gasteiger partial charge in [0, 0.05) is 31.0 Å². The highest BCUT2D eigenvalue weighted by molar-refractivity contribution is 5.55. The smallest absolute Gasteiger partial charge is 0.164 e. The predicted molar refractivity (Wildman–Crippen MR) is 72.4 cm³/mol. The monoisotopic (exact) mass is 245 g/mol. The molecule has 2 aromatic rings. The zero-order valence-corrected chi connectivity index (χ0v) is 11.1. The molecule has 0 unspecified atom stereocenters. The van der Waals surface area contributed by atoms with Crippen molar-refractivity contribution < 1.29 is 0 Å². The van der Waals surface area contributed by atoms with Crippen molar-refractivity contribution in [1.82, 2.24) is 19.7 Å². The van der Waals surface area contributed by atoms with E-state index in [0.717, 1.165) is 42.4 Å². The topological polar surface area (TPSA) is 55.6 Å². The molecule has 2 aromatic heterocycles. The van der Waals surface area contributed by atoms with E-state index in [1.807, 2.05) is 30.1 Å². The summed E-state index contributed by atoms with van der Waals surface area (Å²) in [6.07, 6.45) is 4.88. The van der Waals surface area contributed by atoms with Crippen LogP contribution in [-0.4, -0.2) is 26.3 Å². The second kappa shape index (κ2) is 5.62. The number of hydrogen-bond acceptors (Lipinski definition) is 4. The molecule has 0 saturated heterocycles. The zero-order valence-electron chi connectivity index (χ0n) is 11.1. The Morgan fingerprint density at radius 3 is 2.83 bits per heavy atom. The summed E-state index contributed by atoms with van der Waals surface area (Å²) in [4.78, 5) is 8.95. The molecule has 96 valence electrons. The maximum atomic E-state index is 4.49. The van der Waals surface area contributed by atoms with E-state index in [1.54, 1.807) is 0 Å². The molecule has 0 aliphatic rings. The Morgan fingerprint density at radius 2 is 2.11 bits per heavy atom. The van der Waals surface area contributed by atoms with Gasteiger partial charge in [-0.15, -0.1) is 0 Å². The summed E-state index contributed by atoms with van der Waals surface area (Å²) in [5, 5.41) is 7.52. The van der Waals surface area contributed by atoms with Crippen molar-refractivity contribution in [3.05, 3.63) is 24.2 Å². The summed E-state index contributed by atoms with van der Waals surface area (Å²) < 4.78 is 1.92. The van der Waals surface area contributed by atoms with Gasteiger partial charge in [0.2, 0.25) is 0 Å². The van der Waals surface area contributed by atoms with Gasteiger partial charge >= 0.3 is 0 Å². The van der Waals surface area contributed by atoms with Crippen LogP contribution < -0.4 is 5.32 Å². The summed E-state index contributed by atoms with van der Waals surface area (Å²) >= 11 is 0. The van der Waals surface area contributed by atoms with Crippen LogP contribution in [0.25, 0.3) is 11.4 Å². The van der Waals surface area contributed by atoms with Crippen LogP contribution in [0.3, 0.4) is 0 Å². The normalized spacial score (nSPS) is 10.6. The molecular weight excluding hydrogens is 226 g/mol. The molecule has 18 heavy (non-hydrogen) atoms. The molecule has 0 amide bonds. The van der Waals surface area contributed by atoms with Crippen molar-refractivity contribution in [2.45, 2.75) is 33.7 Å². The van der Waals surface area contributed by atoms with Gasteiger partial charge in [0.25, 0.3) is 0 Å². The predicted octanol–water partition coefficient (Wildman–Crippen LogP) is 2.49. The van der Waals surface area contributed by atoms with E-state index in [0.29, 0.717) is 0 Å². The van der Waals surface area contributed by atoms with Gasteiger partial charge in [-0.3, -0.25) is 4.68 Å². The Bertz CT molecular complexity index is 518. The van der Waals surface area contributed by atoms with Crippen molar-refractivity contribution in [2.24, 2.45) is 0 Å². The summed E-state index contributed by atoms with van der Waals surface area (Å²) in [5.74, 6) is 1.59. The van der Waals surface area contributed by atoms with Gasteiger partial charge in [-0.25, -0.2) is 9.97 Å². The lowest BCUT2D eigenvalue weighted by atomic mass is 10.3. The van der Waals surface area contributed by atoms with Crippen molar-refractivity contribution >= 4 is 5.82 Å². The van der Waals surface area contributed by atoms with Crippen LogP contribution in [0.1, 0.15) is 26.0 Å². The number of hydrogen-bond donors (Lipinski definition) is 1. The van der Waals surface area contributed by atoms with Crippen LogP contribution in [0.4, 0.5) is 5.82 Å². The molecule has 0 atom stereocenters.